The Morgan fingerprint density at radius 2 is 1.56 bits per heavy atom. The lowest BCUT2D eigenvalue weighted by Gasteiger charge is -2.04. The summed E-state index contributed by atoms with van der Waals surface area (Å²) in [7, 11) is 0. The molecule has 0 fully saturated rings. The molecule has 2 heteroatoms. The highest BCUT2D eigenvalue weighted by Crippen LogP contribution is 2.19. The Kier molecular flexibility index (Phi) is 2.69. The highest BCUT2D eigenvalue weighted by atomic mass is 15.3. The van der Waals surface area contributed by atoms with Crippen molar-refractivity contribution in [2.24, 2.45) is 0 Å². The maximum Gasteiger partial charge on any atom is 0.0927 e. The van der Waals surface area contributed by atoms with Crippen LogP contribution < -0.4 is 0 Å². The Morgan fingerprint density at radius 3 is 2.33 bits per heavy atom. The van der Waals surface area contributed by atoms with Gasteiger partial charge < -0.3 is 0 Å². The fraction of sp³-hybridized carbons (Fsp3) is 0.0625. The summed E-state index contributed by atoms with van der Waals surface area (Å²) in [4.78, 5) is 0. The van der Waals surface area contributed by atoms with Crippen molar-refractivity contribution < 1.29 is 0 Å². The molecule has 0 spiro atoms. The molecule has 0 bridgehead atoms. The molecule has 0 unspecified atom stereocenters. The quantitative estimate of drug-likeness (QED) is 0.658. The van der Waals surface area contributed by atoms with Gasteiger partial charge in [0, 0.05) is 11.8 Å². The molecule has 1 heterocycles. The van der Waals surface area contributed by atoms with Crippen LogP contribution in [0.1, 0.15) is 5.56 Å². The molecular weight excluding hydrogens is 220 g/mol. The van der Waals surface area contributed by atoms with Crippen molar-refractivity contribution in [3.63, 3.8) is 0 Å². The van der Waals surface area contributed by atoms with E-state index in [4.69, 9.17) is 0 Å². The summed E-state index contributed by atoms with van der Waals surface area (Å²) in [5, 5.41) is 4.63. The minimum absolute atomic E-state index is 0.999. The highest BCUT2D eigenvalue weighted by Gasteiger charge is 2.04. The van der Waals surface area contributed by atoms with Crippen LogP contribution >= 0.6 is 0 Å². The van der Waals surface area contributed by atoms with Crippen molar-refractivity contribution in [2.75, 3.05) is 0 Å². The first-order valence-electron chi connectivity index (χ1n) is 6.02. The van der Waals surface area contributed by atoms with Crippen LogP contribution in [-0.4, -0.2) is 9.78 Å². The molecule has 0 amide bonds. The van der Waals surface area contributed by atoms with Gasteiger partial charge in [0.15, 0.2) is 0 Å². The predicted octanol–water partition coefficient (Wildman–Crippen LogP) is 3.85. The number of hydrogen-bond donors (Lipinski definition) is 0. The van der Waals surface area contributed by atoms with Gasteiger partial charge in [0.05, 0.1) is 11.4 Å². The SMILES string of the molecule is Cc1ccccc1-n1ccc(-c2ccccc2)n1. The summed E-state index contributed by atoms with van der Waals surface area (Å²) in [6.45, 7) is 2.10. The topological polar surface area (TPSA) is 17.8 Å². The highest BCUT2D eigenvalue weighted by molar-refractivity contribution is 5.58. The van der Waals surface area contributed by atoms with Crippen LogP contribution in [0.3, 0.4) is 0 Å². The molecule has 0 aliphatic carbocycles. The zero-order chi connectivity index (χ0) is 12.4. The van der Waals surface area contributed by atoms with Crippen molar-refractivity contribution >= 4 is 0 Å². The third-order valence-corrected chi connectivity index (χ3v) is 3.02. The maximum absolute atomic E-state index is 4.63. The molecule has 0 saturated heterocycles. The Morgan fingerprint density at radius 1 is 0.833 bits per heavy atom. The number of rotatable bonds is 2. The van der Waals surface area contributed by atoms with E-state index in [1.807, 2.05) is 47.3 Å². The molecule has 0 aliphatic rings. The van der Waals surface area contributed by atoms with E-state index in [9.17, 15) is 0 Å². The third-order valence-electron chi connectivity index (χ3n) is 3.02. The number of aryl methyl sites for hydroxylation is 1. The van der Waals surface area contributed by atoms with Gasteiger partial charge in [-0.25, -0.2) is 4.68 Å². The second-order valence-corrected chi connectivity index (χ2v) is 4.30. The van der Waals surface area contributed by atoms with Gasteiger partial charge in [0.2, 0.25) is 0 Å². The van der Waals surface area contributed by atoms with Crippen LogP contribution in [0.15, 0.2) is 66.9 Å². The van der Waals surface area contributed by atoms with Gasteiger partial charge >= 0.3 is 0 Å². The molecule has 0 saturated carbocycles. The molecule has 0 N–H and O–H groups in total. The smallest absolute Gasteiger partial charge is 0.0927 e. The number of aromatic nitrogens is 2. The Balaban J connectivity index is 2.03. The summed E-state index contributed by atoms with van der Waals surface area (Å²) >= 11 is 0. The van der Waals surface area contributed by atoms with Gasteiger partial charge in [-0.05, 0) is 24.6 Å². The molecule has 2 nitrogen and oxygen atoms in total. The van der Waals surface area contributed by atoms with Crippen molar-refractivity contribution in [1.82, 2.24) is 9.78 Å². The lowest BCUT2D eigenvalue weighted by molar-refractivity contribution is 0.876. The molecule has 88 valence electrons. The second-order valence-electron chi connectivity index (χ2n) is 4.30. The van der Waals surface area contributed by atoms with Gasteiger partial charge in [-0.1, -0.05) is 48.5 Å². The predicted molar refractivity (Wildman–Crippen MR) is 73.7 cm³/mol. The number of nitrogens with zero attached hydrogens (tertiary/aromatic N) is 2. The molecule has 3 rings (SSSR count). The molecule has 3 aromatic rings. The van der Waals surface area contributed by atoms with E-state index in [-0.39, 0.29) is 0 Å². The lowest BCUT2D eigenvalue weighted by Crippen LogP contribution is -1.97. The third kappa shape index (κ3) is 1.93. The van der Waals surface area contributed by atoms with E-state index in [0.717, 1.165) is 16.9 Å². The average molecular weight is 234 g/mol. The molecular formula is C16H14N2. The maximum atomic E-state index is 4.63. The largest absolute Gasteiger partial charge is 0.240 e. The van der Waals surface area contributed by atoms with Crippen molar-refractivity contribution in [2.45, 2.75) is 6.92 Å². The molecule has 0 radical (unpaired) electrons. The zero-order valence-electron chi connectivity index (χ0n) is 10.2. The van der Waals surface area contributed by atoms with E-state index in [0.29, 0.717) is 0 Å². The van der Waals surface area contributed by atoms with Gasteiger partial charge in [-0.15, -0.1) is 0 Å². The van der Waals surface area contributed by atoms with E-state index in [1.165, 1.54) is 5.56 Å². The summed E-state index contributed by atoms with van der Waals surface area (Å²) in [6.07, 6.45) is 2.00. The monoisotopic (exact) mass is 234 g/mol. The van der Waals surface area contributed by atoms with Crippen LogP contribution in [0, 0.1) is 6.92 Å². The molecule has 2 aromatic carbocycles. The molecule has 0 aliphatic heterocycles. The fourth-order valence-electron chi connectivity index (χ4n) is 2.04. The summed E-state index contributed by atoms with van der Waals surface area (Å²) in [5.41, 5.74) is 4.49. The van der Waals surface area contributed by atoms with Crippen LogP contribution in [-0.2, 0) is 0 Å². The molecule has 1 aromatic heterocycles. The van der Waals surface area contributed by atoms with Gasteiger partial charge in [0.1, 0.15) is 0 Å². The first-order valence-corrected chi connectivity index (χ1v) is 6.02. The Bertz CT molecular complexity index is 654. The zero-order valence-corrected chi connectivity index (χ0v) is 10.2. The van der Waals surface area contributed by atoms with E-state index >= 15 is 0 Å². The molecule has 18 heavy (non-hydrogen) atoms. The van der Waals surface area contributed by atoms with Crippen LogP contribution in [0.25, 0.3) is 16.9 Å². The fourth-order valence-corrected chi connectivity index (χ4v) is 2.04. The van der Waals surface area contributed by atoms with Crippen LogP contribution in [0.2, 0.25) is 0 Å². The van der Waals surface area contributed by atoms with Gasteiger partial charge in [0.25, 0.3) is 0 Å². The molecule has 0 atom stereocenters. The van der Waals surface area contributed by atoms with Gasteiger partial charge in [-0.2, -0.15) is 5.10 Å². The first-order chi connectivity index (χ1) is 8.84. The minimum Gasteiger partial charge on any atom is -0.240 e. The van der Waals surface area contributed by atoms with E-state index in [1.54, 1.807) is 0 Å². The minimum atomic E-state index is 0.999. The van der Waals surface area contributed by atoms with Crippen LogP contribution in [0.4, 0.5) is 0 Å². The van der Waals surface area contributed by atoms with Gasteiger partial charge in [-0.3, -0.25) is 0 Å². The summed E-state index contributed by atoms with van der Waals surface area (Å²) in [6, 6.07) is 20.5. The second kappa shape index (κ2) is 4.49. The lowest BCUT2D eigenvalue weighted by atomic mass is 10.2. The standard InChI is InChI=1S/C16H14N2/c1-13-7-5-6-10-16(13)18-12-11-15(17-18)14-8-3-2-4-9-14/h2-12H,1H3. The first kappa shape index (κ1) is 10.8. The van der Waals surface area contributed by atoms with E-state index in [2.05, 4.69) is 36.3 Å². The summed E-state index contributed by atoms with van der Waals surface area (Å²) < 4.78 is 1.93. The van der Waals surface area contributed by atoms with E-state index < -0.39 is 0 Å². The normalized spacial score (nSPS) is 10.5. The Labute approximate surface area is 107 Å². The van der Waals surface area contributed by atoms with Crippen molar-refractivity contribution in [1.29, 1.82) is 0 Å². The Hall–Kier alpha value is -2.35. The average Bonchev–Trinajstić information content (AvgIpc) is 2.90. The van der Waals surface area contributed by atoms with Crippen molar-refractivity contribution in [3.8, 4) is 16.9 Å². The summed E-state index contributed by atoms with van der Waals surface area (Å²) in [5.74, 6) is 0. The van der Waals surface area contributed by atoms with Crippen LogP contribution in [0.5, 0.6) is 0 Å². The number of hydrogen-bond acceptors (Lipinski definition) is 1. The van der Waals surface area contributed by atoms with Crippen molar-refractivity contribution in [3.05, 3.63) is 72.4 Å². The number of benzene rings is 2. The number of para-hydroxylation sites is 1.